The van der Waals surface area contributed by atoms with Crippen molar-refractivity contribution in [1.82, 2.24) is 5.32 Å². The molecule has 0 spiro atoms. The summed E-state index contributed by atoms with van der Waals surface area (Å²) in [5.41, 5.74) is 0.0172. The van der Waals surface area contributed by atoms with E-state index in [-0.39, 0.29) is 10.9 Å². The molecule has 0 bridgehead atoms. The molecule has 1 N–H and O–H groups in total. The van der Waals surface area contributed by atoms with Gasteiger partial charge in [0.1, 0.15) is 11.6 Å². The van der Waals surface area contributed by atoms with Crippen LogP contribution in [-0.4, -0.2) is 17.8 Å². The largest absolute Gasteiger partial charge is 0.352 e. The van der Waals surface area contributed by atoms with Gasteiger partial charge in [0.25, 0.3) is 5.91 Å². The number of hydrogen-bond acceptors (Lipinski definition) is 1. The van der Waals surface area contributed by atoms with E-state index in [1.54, 1.807) is 0 Å². The van der Waals surface area contributed by atoms with Crippen molar-refractivity contribution in [1.29, 1.82) is 0 Å². The average molecular weight is 288 g/mol. The van der Waals surface area contributed by atoms with Gasteiger partial charge in [0, 0.05) is 23.6 Å². The lowest BCUT2D eigenvalue weighted by atomic mass is 9.89. The van der Waals surface area contributed by atoms with Crippen LogP contribution in [0.1, 0.15) is 36.0 Å². The van der Waals surface area contributed by atoms with Gasteiger partial charge >= 0.3 is 0 Å². The molecule has 19 heavy (non-hydrogen) atoms. The summed E-state index contributed by atoms with van der Waals surface area (Å²) < 4.78 is 26.0. The van der Waals surface area contributed by atoms with E-state index in [1.807, 2.05) is 0 Å². The molecule has 1 aliphatic carbocycles. The molecule has 1 aliphatic rings. The first-order valence-electron chi connectivity index (χ1n) is 6.43. The van der Waals surface area contributed by atoms with E-state index in [0.717, 1.165) is 43.9 Å². The first kappa shape index (κ1) is 14.3. The lowest BCUT2D eigenvalue weighted by molar-refractivity contribution is 0.0943. The molecule has 0 heterocycles. The van der Waals surface area contributed by atoms with Crippen molar-refractivity contribution < 1.29 is 13.6 Å². The van der Waals surface area contributed by atoms with Crippen LogP contribution in [0.15, 0.2) is 18.2 Å². The first-order valence-corrected chi connectivity index (χ1v) is 6.86. The smallest absolute Gasteiger partial charge is 0.251 e. The second-order valence-corrected chi connectivity index (χ2v) is 5.60. The molecule has 0 atom stereocenters. The fourth-order valence-electron chi connectivity index (χ4n) is 2.35. The lowest BCUT2D eigenvalue weighted by Gasteiger charge is -2.25. The Kier molecular flexibility index (Phi) is 4.75. The summed E-state index contributed by atoms with van der Waals surface area (Å²) in [7, 11) is 0. The molecule has 1 fully saturated rings. The summed E-state index contributed by atoms with van der Waals surface area (Å²) >= 11 is 6.00. The van der Waals surface area contributed by atoms with Crippen molar-refractivity contribution in [2.24, 2.45) is 5.92 Å². The monoisotopic (exact) mass is 287 g/mol. The molecule has 104 valence electrons. The Labute approximate surface area is 116 Å². The normalized spacial score (nSPS) is 23.1. The van der Waals surface area contributed by atoms with E-state index in [2.05, 4.69) is 5.32 Å². The van der Waals surface area contributed by atoms with Gasteiger partial charge in [0.2, 0.25) is 0 Å². The van der Waals surface area contributed by atoms with E-state index >= 15 is 0 Å². The second kappa shape index (κ2) is 6.33. The zero-order valence-corrected chi connectivity index (χ0v) is 11.2. The Morgan fingerprint density at radius 1 is 1.16 bits per heavy atom. The van der Waals surface area contributed by atoms with Crippen LogP contribution in [0.2, 0.25) is 0 Å². The summed E-state index contributed by atoms with van der Waals surface area (Å²) in [5.74, 6) is -1.52. The minimum atomic E-state index is -0.743. The number of hydrogen-bond donors (Lipinski definition) is 1. The van der Waals surface area contributed by atoms with Crippen LogP contribution in [0.4, 0.5) is 8.78 Å². The number of nitrogens with one attached hydrogen (secondary N) is 1. The van der Waals surface area contributed by atoms with Gasteiger partial charge in [-0.15, -0.1) is 11.6 Å². The zero-order valence-electron chi connectivity index (χ0n) is 10.5. The summed E-state index contributed by atoms with van der Waals surface area (Å²) in [6.45, 7) is 0.528. The maximum absolute atomic E-state index is 13.0. The predicted octanol–water partition coefficient (Wildman–Crippen LogP) is 3.49. The van der Waals surface area contributed by atoms with E-state index in [0.29, 0.717) is 12.5 Å². The van der Waals surface area contributed by atoms with Crippen LogP contribution in [0.5, 0.6) is 0 Å². The quantitative estimate of drug-likeness (QED) is 0.847. The molecule has 0 aromatic heterocycles. The third-order valence-corrected chi connectivity index (χ3v) is 3.89. The second-order valence-electron chi connectivity index (χ2n) is 4.99. The number of rotatable bonds is 3. The van der Waals surface area contributed by atoms with Crippen LogP contribution < -0.4 is 5.32 Å². The van der Waals surface area contributed by atoms with Crippen LogP contribution in [0.3, 0.4) is 0 Å². The van der Waals surface area contributed by atoms with E-state index in [9.17, 15) is 13.6 Å². The molecule has 0 aliphatic heterocycles. The van der Waals surface area contributed by atoms with Crippen LogP contribution in [0, 0.1) is 17.6 Å². The number of benzene rings is 1. The topological polar surface area (TPSA) is 29.1 Å². The van der Waals surface area contributed by atoms with Crippen molar-refractivity contribution >= 4 is 17.5 Å². The minimum absolute atomic E-state index is 0.0172. The Balaban J connectivity index is 1.87. The maximum Gasteiger partial charge on any atom is 0.251 e. The van der Waals surface area contributed by atoms with E-state index in [1.165, 1.54) is 0 Å². The SMILES string of the molecule is O=C(NCC1CCC(Cl)CC1)c1cc(F)cc(F)c1. The summed E-state index contributed by atoms with van der Waals surface area (Å²) in [6.07, 6.45) is 3.87. The first-order chi connectivity index (χ1) is 9.04. The van der Waals surface area contributed by atoms with Gasteiger partial charge < -0.3 is 5.32 Å². The lowest BCUT2D eigenvalue weighted by Crippen LogP contribution is -2.31. The highest BCUT2D eigenvalue weighted by Gasteiger charge is 2.20. The third kappa shape index (κ3) is 4.16. The molecule has 0 unspecified atom stereocenters. The standard InChI is InChI=1S/C14H16ClF2NO/c15-11-3-1-9(2-4-11)8-18-14(19)10-5-12(16)7-13(17)6-10/h5-7,9,11H,1-4,8H2,(H,18,19). The van der Waals surface area contributed by atoms with E-state index in [4.69, 9.17) is 11.6 Å². The molecule has 1 aromatic rings. The molecular formula is C14H16ClF2NO. The number of halogens is 3. The molecular weight excluding hydrogens is 272 g/mol. The van der Waals surface area contributed by atoms with Gasteiger partial charge in [-0.1, -0.05) is 0 Å². The molecule has 1 amide bonds. The van der Waals surface area contributed by atoms with Crippen molar-refractivity contribution in [2.75, 3.05) is 6.54 Å². The number of amides is 1. The van der Waals surface area contributed by atoms with Crippen LogP contribution in [0.25, 0.3) is 0 Å². The van der Waals surface area contributed by atoms with Crippen molar-refractivity contribution in [3.8, 4) is 0 Å². The van der Waals surface area contributed by atoms with E-state index < -0.39 is 17.5 Å². The Hall–Kier alpha value is -1.16. The highest BCUT2D eigenvalue weighted by Crippen LogP contribution is 2.27. The Morgan fingerprint density at radius 3 is 2.32 bits per heavy atom. The molecule has 0 saturated heterocycles. The number of carbonyl (C=O) groups excluding carboxylic acids is 1. The molecule has 2 rings (SSSR count). The molecule has 1 saturated carbocycles. The minimum Gasteiger partial charge on any atom is -0.352 e. The zero-order chi connectivity index (χ0) is 13.8. The van der Waals surface area contributed by atoms with Gasteiger partial charge in [0.05, 0.1) is 0 Å². The van der Waals surface area contributed by atoms with Crippen LogP contribution in [-0.2, 0) is 0 Å². The predicted molar refractivity (Wildman–Crippen MR) is 70.3 cm³/mol. The van der Waals surface area contributed by atoms with Gasteiger partial charge in [-0.25, -0.2) is 8.78 Å². The summed E-state index contributed by atoms with van der Waals surface area (Å²) in [5, 5.41) is 2.96. The third-order valence-electron chi connectivity index (χ3n) is 3.45. The highest BCUT2D eigenvalue weighted by atomic mass is 35.5. The van der Waals surface area contributed by atoms with Gasteiger partial charge in [0.15, 0.2) is 0 Å². The van der Waals surface area contributed by atoms with Crippen molar-refractivity contribution in [3.63, 3.8) is 0 Å². The molecule has 5 heteroatoms. The highest BCUT2D eigenvalue weighted by molar-refractivity contribution is 6.20. The van der Waals surface area contributed by atoms with Crippen molar-refractivity contribution in [2.45, 2.75) is 31.1 Å². The average Bonchev–Trinajstić information content (AvgIpc) is 2.36. The molecule has 2 nitrogen and oxygen atoms in total. The van der Waals surface area contributed by atoms with Gasteiger partial charge in [-0.05, 0) is 43.7 Å². The summed E-state index contributed by atoms with van der Waals surface area (Å²) in [4.78, 5) is 11.8. The van der Waals surface area contributed by atoms with Gasteiger partial charge in [-0.3, -0.25) is 4.79 Å². The maximum atomic E-state index is 13.0. The molecule has 1 aromatic carbocycles. The van der Waals surface area contributed by atoms with Crippen LogP contribution >= 0.6 is 11.6 Å². The Morgan fingerprint density at radius 2 is 1.74 bits per heavy atom. The Bertz CT molecular complexity index is 439. The fraction of sp³-hybridized carbons (Fsp3) is 0.500. The number of alkyl halides is 1. The number of carbonyl (C=O) groups is 1. The fourth-order valence-corrected chi connectivity index (χ4v) is 2.60. The van der Waals surface area contributed by atoms with Crippen molar-refractivity contribution in [3.05, 3.63) is 35.4 Å². The van der Waals surface area contributed by atoms with Gasteiger partial charge in [-0.2, -0.15) is 0 Å². The molecule has 0 radical (unpaired) electrons. The summed E-state index contributed by atoms with van der Waals surface area (Å²) in [6, 6.07) is 2.82.